The molecule has 6 rings (SSSR count). The Labute approximate surface area is 250 Å². The number of benzene rings is 1. The molecule has 9 heteroatoms. The van der Waals surface area contributed by atoms with E-state index in [-0.39, 0.29) is 18.6 Å². The summed E-state index contributed by atoms with van der Waals surface area (Å²) in [5, 5.41) is 28.8. The summed E-state index contributed by atoms with van der Waals surface area (Å²) >= 11 is 6.59. The smallest absolute Gasteiger partial charge is 0.164 e. The van der Waals surface area contributed by atoms with Crippen LogP contribution in [0.1, 0.15) is 56.1 Å². The van der Waals surface area contributed by atoms with Gasteiger partial charge in [0.1, 0.15) is 6.23 Å². The van der Waals surface area contributed by atoms with Crippen molar-refractivity contribution in [3.05, 3.63) is 47.0 Å². The zero-order chi connectivity index (χ0) is 28.6. The molecule has 224 valence electrons. The zero-order valence-corrected chi connectivity index (χ0v) is 25.2. The summed E-state index contributed by atoms with van der Waals surface area (Å²) in [5.41, 5.74) is 3.07. The minimum absolute atomic E-state index is 0.0297. The summed E-state index contributed by atoms with van der Waals surface area (Å²) in [6, 6.07) is 9.57. The van der Waals surface area contributed by atoms with Crippen molar-refractivity contribution >= 4 is 11.6 Å². The summed E-state index contributed by atoms with van der Waals surface area (Å²) in [6.07, 6.45) is 10.5. The first-order valence-corrected chi connectivity index (χ1v) is 16.0. The Morgan fingerprint density at radius 2 is 2.12 bits per heavy atom. The quantitative estimate of drug-likeness (QED) is 0.422. The molecule has 3 heterocycles. The highest BCUT2D eigenvalue weighted by Crippen LogP contribution is 2.50. The lowest BCUT2D eigenvalue weighted by Crippen LogP contribution is -2.72. The molecule has 8 unspecified atom stereocenters. The molecular weight excluding hydrogens is 536 g/mol. The molecule has 8 atom stereocenters. The first kappa shape index (κ1) is 29.5. The van der Waals surface area contributed by atoms with E-state index in [2.05, 4.69) is 52.3 Å². The van der Waals surface area contributed by atoms with Crippen LogP contribution < -0.4 is 10.6 Å². The Bertz CT molecular complexity index is 1130. The van der Waals surface area contributed by atoms with Crippen LogP contribution in [0.3, 0.4) is 0 Å². The predicted molar refractivity (Wildman–Crippen MR) is 161 cm³/mol. The van der Waals surface area contributed by atoms with Crippen LogP contribution in [0.2, 0.25) is 5.02 Å². The van der Waals surface area contributed by atoms with E-state index < -0.39 is 6.23 Å². The molecule has 3 N–H and O–H groups in total. The number of fused-ring (bicyclic) bond motifs is 2. The van der Waals surface area contributed by atoms with Gasteiger partial charge in [0.2, 0.25) is 0 Å². The van der Waals surface area contributed by atoms with Gasteiger partial charge in [-0.3, -0.25) is 20.4 Å². The molecule has 1 saturated carbocycles. The van der Waals surface area contributed by atoms with Crippen LogP contribution in [0.5, 0.6) is 0 Å². The number of halogens is 1. The van der Waals surface area contributed by atoms with E-state index >= 15 is 0 Å². The van der Waals surface area contributed by atoms with E-state index in [1.807, 2.05) is 11.0 Å². The summed E-state index contributed by atoms with van der Waals surface area (Å²) in [5.74, 6) is 0.453. The molecule has 5 aliphatic rings. The number of nitrogens with zero attached hydrogens (tertiary/aromatic N) is 4. The number of rotatable bonds is 7. The van der Waals surface area contributed by atoms with Crippen LogP contribution in [-0.2, 0) is 17.6 Å². The van der Waals surface area contributed by atoms with Gasteiger partial charge in [-0.25, -0.2) is 0 Å². The second kappa shape index (κ2) is 12.6. The predicted octanol–water partition coefficient (Wildman–Crippen LogP) is 3.30. The largest absolute Gasteiger partial charge is 0.375 e. The lowest BCUT2D eigenvalue weighted by molar-refractivity contribution is -0.123. The van der Waals surface area contributed by atoms with Crippen LogP contribution >= 0.6 is 11.6 Å². The van der Waals surface area contributed by atoms with Gasteiger partial charge in [0.05, 0.1) is 25.3 Å². The molecule has 41 heavy (non-hydrogen) atoms. The highest BCUT2D eigenvalue weighted by Gasteiger charge is 2.50. The van der Waals surface area contributed by atoms with Gasteiger partial charge in [0, 0.05) is 48.7 Å². The fraction of sp³-hybridized carbons (Fsp3) is 0.719. The fourth-order valence-electron chi connectivity index (χ4n) is 8.58. The molecule has 0 bridgehead atoms. The first-order chi connectivity index (χ1) is 19.9. The maximum atomic E-state index is 10.6. The Morgan fingerprint density at radius 3 is 2.90 bits per heavy atom. The van der Waals surface area contributed by atoms with Crippen molar-refractivity contribution < 1.29 is 9.84 Å². The van der Waals surface area contributed by atoms with E-state index in [1.165, 1.54) is 36.8 Å². The fourth-order valence-corrected chi connectivity index (χ4v) is 8.87. The maximum absolute atomic E-state index is 10.6. The number of likely N-dealkylation sites (tertiary alicyclic amines) is 1. The van der Waals surface area contributed by atoms with Gasteiger partial charge in [-0.15, -0.1) is 0 Å². The molecular formula is C32H47ClN6O2. The average molecular weight is 583 g/mol. The molecule has 1 aromatic carbocycles. The third kappa shape index (κ3) is 6.11. The SMILES string of the molecule is C=CC(O)N1CCN(C2NC(OCC3CCCN3C)NC3CC4(CCc5c(Cl)cccc5C4)CCC32)CC1CC#N. The van der Waals surface area contributed by atoms with Crippen LogP contribution in [0.15, 0.2) is 30.9 Å². The lowest BCUT2D eigenvalue weighted by Gasteiger charge is -2.56. The molecule has 8 nitrogen and oxygen atoms in total. The Hall–Kier alpha value is -1.54. The minimum atomic E-state index is -0.721. The van der Waals surface area contributed by atoms with E-state index in [0.717, 1.165) is 56.9 Å². The molecule has 3 aliphatic heterocycles. The maximum Gasteiger partial charge on any atom is 0.164 e. The lowest BCUT2D eigenvalue weighted by atomic mass is 9.59. The van der Waals surface area contributed by atoms with Crippen LogP contribution in [0, 0.1) is 22.7 Å². The number of nitriles is 1. The van der Waals surface area contributed by atoms with Gasteiger partial charge in [-0.05, 0) is 93.6 Å². The van der Waals surface area contributed by atoms with Crippen molar-refractivity contribution in [1.29, 1.82) is 5.26 Å². The number of likely N-dealkylation sites (N-methyl/N-ethyl adjacent to an activating group) is 1. The molecule has 1 aromatic rings. The Morgan fingerprint density at radius 1 is 1.24 bits per heavy atom. The molecule has 2 aliphatic carbocycles. The topological polar surface area (TPSA) is 87.0 Å². The number of hydrogen-bond acceptors (Lipinski definition) is 8. The highest BCUT2D eigenvalue weighted by molar-refractivity contribution is 6.31. The molecule has 3 saturated heterocycles. The Kier molecular flexibility index (Phi) is 9.07. The summed E-state index contributed by atoms with van der Waals surface area (Å²) in [7, 11) is 2.20. The van der Waals surface area contributed by atoms with Gasteiger partial charge in [-0.1, -0.05) is 30.3 Å². The van der Waals surface area contributed by atoms with Gasteiger partial charge >= 0.3 is 0 Å². The molecule has 0 aromatic heterocycles. The van der Waals surface area contributed by atoms with E-state index in [1.54, 1.807) is 6.08 Å². The van der Waals surface area contributed by atoms with Crippen molar-refractivity contribution in [2.45, 2.75) is 94.7 Å². The van der Waals surface area contributed by atoms with Crippen molar-refractivity contribution in [1.82, 2.24) is 25.3 Å². The second-order valence-corrected chi connectivity index (χ2v) is 13.6. The zero-order valence-electron chi connectivity index (χ0n) is 24.5. The minimum Gasteiger partial charge on any atom is -0.375 e. The van der Waals surface area contributed by atoms with Gasteiger partial charge in [-0.2, -0.15) is 5.26 Å². The monoisotopic (exact) mass is 582 g/mol. The molecule has 4 fully saturated rings. The standard InChI is InChI=1S/C32H47ClN6O2/c1-3-29(40)39-17-16-38(20-23(39)11-14-34)30-26-10-13-32(12-9-25-22(18-32)6-4-8-27(25)33)19-28(26)35-31(36-30)41-21-24-7-5-15-37(24)2/h3-4,6,8,23-24,26,28-31,35-36,40H,1,5,7,9-13,15-21H2,2H3. The first-order valence-electron chi connectivity index (χ1n) is 15.7. The summed E-state index contributed by atoms with van der Waals surface area (Å²) in [4.78, 5) is 6.97. The van der Waals surface area contributed by atoms with Crippen molar-refractivity contribution in [2.75, 3.05) is 39.8 Å². The molecule has 0 amide bonds. The van der Waals surface area contributed by atoms with Crippen molar-refractivity contribution in [2.24, 2.45) is 11.3 Å². The van der Waals surface area contributed by atoms with Gasteiger partial charge < -0.3 is 14.7 Å². The van der Waals surface area contributed by atoms with Crippen LogP contribution in [0.25, 0.3) is 0 Å². The molecule has 0 radical (unpaired) electrons. The average Bonchev–Trinajstić information content (AvgIpc) is 3.39. The number of piperazine rings is 1. The summed E-state index contributed by atoms with van der Waals surface area (Å²) < 4.78 is 6.58. The van der Waals surface area contributed by atoms with E-state index in [0.29, 0.717) is 36.4 Å². The van der Waals surface area contributed by atoms with E-state index in [4.69, 9.17) is 16.3 Å². The third-order valence-electron chi connectivity index (χ3n) is 10.9. The van der Waals surface area contributed by atoms with Crippen molar-refractivity contribution in [3.63, 3.8) is 0 Å². The number of ether oxygens (including phenoxy) is 1. The van der Waals surface area contributed by atoms with Gasteiger partial charge in [0.25, 0.3) is 0 Å². The Balaban J connectivity index is 1.21. The third-order valence-corrected chi connectivity index (χ3v) is 11.3. The number of aliphatic hydroxyl groups excluding tert-OH is 1. The number of hydrogen-bond donors (Lipinski definition) is 3. The number of nitrogens with one attached hydrogen (secondary N) is 2. The number of aliphatic hydroxyl groups is 1. The van der Waals surface area contributed by atoms with Gasteiger partial charge in [0.15, 0.2) is 6.35 Å². The molecule has 1 spiro atoms. The summed E-state index contributed by atoms with van der Waals surface area (Å²) in [6.45, 7) is 7.94. The van der Waals surface area contributed by atoms with E-state index in [9.17, 15) is 10.4 Å². The normalized spacial score (nSPS) is 37.3. The second-order valence-electron chi connectivity index (χ2n) is 13.2. The van der Waals surface area contributed by atoms with Crippen LogP contribution in [-0.4, -0.2) is 96.5 Å². The highest BCUT2D eigenvalue weighted by atomic mass is 35.5. The van der Waals surface area contributed by atoms with Crippen molar-refractivity contribution in [3.8, 4) is 6.07 Å². The van der Waals surface area contributed by atoms with Crippen LogP contribution in [0.4, 0.5) is 0 Å².